The molecule has 23 heavy (non-hydrogen) atoms. The van der Waals surface area contributed by atoms with Crippen molar-refractivity contribution in [2.45, 2.75) is 13.0 Å². The molecule has 0 aliphatic heterocycles. The normalized spacial score (nSPS) is 12.5. The standard InChI is InChI=1S/C18H21NO2.2W/c1-5-7-9-11-13-15-19(17(3)18(20)21-4)16-14-12-10-8-6-2;;/h1-2,5-8,11-14,17H,15-16H2,3-4H3;;/q-4;2*+2/b13-11+,14-12+;;. The molecular weight excluding hydrogens is 630 g/mol. The van der Waals surface area contributed by atoms with Crippen LogP contribution in [0.25, 0.3) is 0 Å². The van der Waals surface area contributed by atoms with E-state index < -0.39 is 0 Å². The van der Waals surface area contributed by atoms with E-state index in [4.69, 9.17) is 17.9 Å². The molecule has 0 amide bonds. The molecule has 0 aromatic heterocycles. The van der Waals surface area contributed by atoms with Crippen molar-refractivity contribution in [1.29, 1.82) is 0 Å². The van der Waals surface area contributed by atoms with Gasteiger partial charge in [-0.2, -0.15) is 24.3 Å². The van der Waals surface area contributed by atoms with Crippen molar-refractivity contribution in [3.05, 3.63) is 73.9 Å². The van der Waals surface area contributed by atoms with Gasteiger partial charge < -0.3 is 47.1 Å². The van der Waals surface area contributed by atoms with E-state index in [0.717, 1.165) is 0 Å². The first-order chi connectivity index (χ1) is 10.2. The van der Waals surface area contributed by atoms with Crippen LogP contribution in [0.3, 0.4) is 0 Å². The Hall–Kier alpha value is -0.753. The monoisotopic (exact) mass is 651 g/mol. The number of rotatable bonds is 10. The average Bonchev–Trinajstić information content (AvgIpc) is 2.51. The van der Waals surface area contributed by atoms with E-state index in [2.05, 4.69) is 12.2 Å². The van der Waals surface area contributed by atoms with Crippen LogP contribution in [-0.4, -0.2) is 37.1 Å². The third-order valence-electron chi connectivity index (χ3n) is 2.58. The molecular formula is C18H21NO2W2. The van der Waals surface area contributed by atoms with Gasteiger partial charge in [0.15, 0.2) is 0 Å². The third-order valence-corrected chi connectivity index (χ3v) is 2.58. The second-order valence-electron chi connectivity index (χ2n) is 4.01. The zero-order chi connectivity index (χ0) is 15.9. The fourth-order valence-corrected chi connectivity index (χ4v) is 1.44. The molecule has 0 heterocycles. The SMILES string of the molecule is [CH-]=CC=[C-]/C=C/CN(C/C=C/[C-]=CC=[CH-])C(C)C(=O)OC.[W+2].[W+2]. The number of esters is 1. The number of ether oxygens (including phenoxy) is 1. The van der Waals surface area contributed by atoms with Gasteiger partial charge in [0.2, 0.25) is 0 Å². The molecule has 1 unspecified atom stereocenters. The fourth-order valence-electron chi connectivity index (χ4n) is 1.44. The number of nitrogens with zero attached hydrogens (tertiary/aromatic N) is 1. The molecule has 0 spiro atoms. The predicted molar refractivity (Wildman–Crippen MR) is 84.7 cm³/mol. The summed E-state index contributed by atoms with van der Waals surface area (Å²) in [5.74, 6) is -0.276. The Balaban J connectivity index is -0.00000200. The average molecular weight is 651 g/mol. The van der Waals surface area contributed by atoms with Crippen molar-refractivity contribution in [3.63, 3.8) is 0 Å². The maximum absolute atomic E-state index is 11.6. The summed E-state index contributed by atoms with van der Waals surface area (Å²) in [5.41, 5.74) is 0. The van der Waals surface area contributed by atoms with Gasteiger partial charge in [0, 0.05) is 0 Å². The number of allylic oxidation sites excluding steroid dienone is 8. The molecule has 3 nitrogen and oxygen atoms in total. The quantitative estimate of drug-likeness (QED) is 0.207. The Kier molecular flexibility index (Phi) is 22.7. The number of methoxy groups -OCH3 is 1. The summed E-state index contributed by atoms with van der Waals surface area (Å²) in [4.78, 5) is 13.6. The van der Waals surface area contributed by atoms with E-state index in [9.17, 15) is 4.79 Å². The van der Waals surface area contributed by atoms with E-state index >= 15 is 0 Å². The van der Waals surface area contributed by atoms with Gasteiger partial charge in [0.05, 0.1) is 7.11 Å². The largest absolute Gasteiger partial charge is 2.00 e. The minimum absolute atomic E-state index is 0. The van der Waals surface area contributed by atoms with Crippen molar-refractivity contribution in [3.8, 4) is 0 Å². The molecule has 122 valence electrons. The van der Waals surface area contributed by atoms with E-state index in [1.807, 2.05) is 17.1 Å². The van der Waals surface area contributed by atoms with Gasteiger partial charge in [0.25, 0.3) is 0 Å². The smallest absolute Gasteiger partial charge is 0.468 e. The zero-order valence-corrected chi connectivity index (χ0v) is 19.2. The molecule has 0 N–H and O–H groups in total. The van der Waals surface area contributed by atoms with Crippen LogP contribution in [0.2, 0.25) is 0 Å². The van der Waals surface area contributed by atoms with E-state index in [1.165, 1.54) is 19.3 Å². The van der Waals surface area contributed by atoms with Crippen molar-refractivity contribution in [1.82, 2.24) is 4.90 Å². The van der Waals surface area contributed by atoms with Crippen molar-refractivity contribution in [2.75, 3.05) is 20.2 Å². The van der Waals surface area contributed by atoms with Crippen LogP contribution in [-0.2, 0) is 51.7 Å². The summed E-state index contributed by atoms with van der Waals surface area (Å²) in [5, 5.41) is 0. The van der Waals surface area contributed by atoms with Gasteiger partial charge in [-0.25, -0.2) is 0 Å². The zero-order valence-electron chi connectivity index (χ0n) is 13.3. The van der Waals surface area contributed by atoms with Crippen molar-refractivity contribution < 1.29 is 51.7 Å². The van der Waals surface area contributed by atoms with Gasteiger partial charge >= 0.3 is 48.1 Å². The molecule has 0 aromatic carbocycles. The van der Waals surface area contributed by atoms with Gasteiger partial charge in [-0.05, 0) is 20.0 Å². The molecule has 0 radical (unpaired) electrons. The molecule has 0 aliphatic rings. The number of carbonyl (C=O) groups is 1. The van der Waals surface area contributed by atoms with Crippen LogP contribution in [0.1, 0.15) is 6.92 Å². The van der Waals surface area contributed by atoms with Gasteiger partial charge in [-0.3, -0.25) is 16.9 Å². The van der Waals surface area contributed by atoms with Crippen molar-refractivity contribution in [2.24, 2.45) is 0 Å². The minimum atomic E-state index is -0.348. The van der Waals surface area contributed by atoms with Crippen LogP contribution < -0.4 is 0 Å². The summed E-state index contributed by atoms with van der Waals surface area (Å²) in [6, 6.07) is -0.348. The van der Waals surface area contributed by atoms with Crippen molar-refractivity contribution >= 4 is 5.97 Å². The summed E-state index contributed by atoms with van der Waals surface area (Å²) in [7, 11) is 1.38. The van der Waals surface area contributed by atoms with Gasteiger partial charge in [-0.1, -0.05) is 0 Å². The number of carbonyl (C=O) groups excluding carboxylic acids is 1. The molecule has 0 fully saturated rings. The third kappa shape index (κ3) is 14.6. The second-order valence-corrected chi connectivity index (χ2v) is 4.01. The predicted octanol–water partition coefficient (Wildman–Crippen LogP) is 2.65. The molecule has 0 aromatic rings. The summed E-state index contributed by atoms with van der Waals surface area (Å²) < 4.78 is 4.77. The molecule has 5 heteroatoms. The Labute approximate surface area is 169 Å². The molecule has 0 aliphatic carbocycles. The first-order valence-corrected chi connectivity index (χ1v) is 6.54. The van der Waals surface area contributed by atoms with Crippen LogP contribution in [0, 0.1) is 25.3 Å². The fraction of sp³-hybridized carbons (Fsp3) is 0.278. The van der Waals surface area contributed by atoms with E-state index in [0.29, 0.717) is 13.1 Å². The Morgan fingerprint density at radius 1 is 1.09 bits per heavy atom. The number of hydrogen-bond acceptors (Lipinski definition) is 3. The summed E-state index contributed by atoms with van der Waals surface area (Å²) in [6.07, 6.45) is 19.0. The first-order valence-electron chi connectivity index (χ1n) is 6.54. The summed E-state index contributed by atoms with van der Waals surface area (Å²) >= 11 is 0. The van der Waals surface area contributed by atoms with Crippen LogP contribution >= 0.6 is 0 Å². The van der Waals surface area contributed by atoms with Crippen LogP contribution in [0.5, 0.6) is 0 Å². The Morgan fingerprint density at radius 3 is 1.87 bits per heavy atom. The van der Waals surface area contributed by atoms with E-state index in [1.54, 1.807) is 31.2 Å². The van der Waals surface area contributed by atoms with Gasteiger partial charge in [-0.15, -0.1) is 0 Å². The van der Waals surface area contributed by atoms with Crippen LogP contribution in [0.15, 0.2) is 48.6 Å². The van der Waals surface area contributed by atoms with E-state index in [-0.39, 0.29) is 54.1 Å². The molecule has 0 rings (SSSR count). The number of hydrogen-bond donors (Lipinski definition) is 0. The molecule has 0 saturated heterocycles. The molecule has 0 bridgehead atoms. The second kappa shape index (κ2) is 19.3. The molecule has 1 atom stereocenters. The Morgan fingerprint density at radius 2 is 1.52 bits per heavy atom. The molecule has 0 saturated carbocycles. The minimum Gasteiger partial charge on any atom is -0.468 e. The maximum atomic E-state index is 11.6. The van der Waals surface area contributed by atoms with Gasteiger partial charge in [0.1, 0.15) is 6.04 Å². The Bertz CT molecular complexity index is 410. The van der Waals surface area contributed by atoms with Crippen LogP contribution in [0.4, 0.5) is 0 Å². The maximum Gasteiger partial charge on any atom is 2.00 e. The topological polar surface area (TPSA) is 29.5 Å². The summed E-state index contributed by atoms with van der Waals surface area (Å²) in [6.45, 7) is 13.4. The first kappa shape index (κ1) is 27.1.